The van der Waals surface area contributed by atoms with Crippen LogP contribution in [-0.4, -0.2) is 57.3 Å². The van der Waals surface area contributed by atoms with E-state index in [1.807, 2.05) is 29.6 Å². The van der Waals surface area contributed by atoms with Crippen molar-refractivity contribution in [2.75, 3.05) is 20.0 Å². The monoisotopic (exact) mass is 646 g/mol. The van der Waals surface area contributed by atoms with Crippen molar-refractivity contribution in [1.82, 2.24) is 25.1 Å². The highest BCUT2D eigenvalue weighted by atomic mass is 32.2. The van der Waals surface area contributed by atoms with E-state index in [2.05, 4.69) is 15.5 Å². The van der Waals surface area contributed by atoms with Crippen LogP contribution in [0.4, 0.5) is 4.39 Å². The van der Waals surface area contributed by atoms with E-state index in [-0.39, 0.29) is 24.0 Å². The van der Waals surface area contributed by atoms with Crippen LogP contribution in [-0.2, 0) is 11.3 Å². The van der Waals surface area contributed by atoms with Gasteiger partial charge in [0.25, 0.3) is 11.8 Å². The number of amides is 2. The minimum atomic E-state index is -0.428. The van der Waals surface area contributed by atoms with E-state index in [4.69, 9.17) is 19.0 Å². The standard InChI is InChI=1S/C31H27FN6O5S2/c1-41-24-7-3-6-21(29(24)42-2)23-16-22(26-9-5-15-44-26)36-38(23)28(39)18-45-31-35-34-27(17-33-30(40)25-8-4-14-43-25)37(31)20-12-10-19(32)11-13-20/h3-15,23H,16-18H2,1-2H3,(H,33,40). The first-order chi connectivity index (χ1) is 22.0. The predicted molar refractivity (Wildman–Crippen MR) is 167 cm³/mol. The van der Waals surface area contributed by atoms with Crippen LogP contribution < -0.4 is 14.8 Å². The van der Waals surface area contributed by atoms with E-state index < -0.39 is 17.8 Å². The quantitative estimate of drug-likeness (QED) is 0.187. The molecule has 1 aliphatic rings. The van der Waals surface area contributed by atoms with Gasteiger partial charge in [0.15, 0.2) is 28.2 Å². The molecular weight excluding hydrogens is 620 g/mol. The second-order valence-electron chi connectivity index (χ2n) is 9.72. The summed E-state index contributed by atoms with van der Waals surface area (Å²) in [4.78, 5) is 27.3. The highest BCUT2D eigenvalue weighted by molar-refractivity contribution is 7.99. The van der Waals surface area contributed by atoms with Gasteiger partial charge in [-0.1, -0.05) is 30.0 Å². The number of benzene rings is 2. The van der Waals surface area contributed by atoms with Crippen molar-refractivity contribution in [2.24, 2.45) is 5.10 Å². The minimum Gasteiger partial charge on any atom is -0.493 e. The van der Waals surface area contributed by atoms with Gasteiger partial charge in [0.2, 0.25) is 0 Å². The van der Waals surface area contributed by atoms with Crippen molar-refractivity contribution in [2.45, 2.75) is 24.2 Å². The van der Waals surface area contributed by atoms with E-state index in [1.54, 1.807) is 60.5 Å². The molecular formula is C31H27FN6O5S2. The summed E-state index contributed by atoms with van der Waals surface area (Å²) in [6.45, 7) is 0.0106. The number of thioether (sulfide) groups is 1. The zero-order chi connectivity index (χ0) is 31.3. The normalized spacial score (nSPS) is 14.3. The third kappa shape index (κ3) is 6.33. The Balaban J connectivity index is 1.27. The number of hydrogen-bond acceptors (Lipinski definition) is 10. The number of ether oxygens (including phenoxy) is 2. The molecule has 14 heteroatoms. The Labute approximate surface area is 265 Å². The number of carbonyl (C=O) groups excluding carboxylic acids is 2. The number of nitrogens with one attached hydrogen (secondary N) is 1. The molecule has 230 valence electrons. The highest BCUT2D eigenvalue weighted by Gasteiger charge is 2.36. The van der Waals surface area contributed by atoms with Gasteiger partial charge in [-0.2, -0.15) is 5.10 Å². The van der Waals surface area contributed by atoms with Gasteiger partial charge in [0.05, 0.1) is 49.4 Å². The molecule has 2 aromatic carbocycles. The molecule has 2 amide bonds. The molecule has 0 saturated carbocycles. The molecule has 4 heterocycles. The molecule has 0 spiro atoms. The fourth-order valence-electron chi connectivity index (χ4n) is 4.95. The van der Waals surface area contributed by atoms with Crippen molar-refractivity contribution >= 4 is 40.6 Å². The van der Waals surface area contributed by atoms with Gasteiger partial charge >= 0.3 is 0 Å². The highest BCUT2D eigenvalue weighted by Crippen LogP contribution is 2.42. The Morgan fingerprint density at radius 2 is 1.91 bits per heavy atom. The van der Waals surface area contributed by atoms with Gasteiger partial charge in [0.1, 0.15) is 5.82 Å². The average molecular weight is 647 g/mol. The number of furan rings is 1. The first-order valence-electron chi connectivity index (χ1n) is 13.8. The number of hydrazone groups is 1. The fourth-order valence-corrected chi connectivity index (χ4v) is 6.50. The fraction of sp³-hybridized carbons (Fsp3) is 0.194. The number of halogens is 1. The van der Waals surface area contributed by atoms with E-state index >= 15 is 0 Å². The first-order valence-corrected chi connectivity index (χ1v) is 15.6. The SMILES string of the molecule is COc1cccc(C2CC(c3cccs3)=NN2C(=O)CSc2nnc(CNC(=O)c3ccco3)n2-c2ccc(F)cc2)c1OC. The van der Waals surface area contributed by atoms with Crippen LogP contribution in [0.2, 0.25) is 0 Å². The largest absolute Gasteiger partial charge is 0.493 e. The molecule has 0 radical (unpaired) electrons. The van der Waals surface area contributed by atoms with Crippen molar-refractivity contribution in [3.8, 4) is 17.2 Å². The van der Waals surface area contributed by atoms with Gasteiger partial charge in [-0.3, -0.25) is 14.2 Å². The lowest BCUT2D eigenvalue weighted by molar-refractivity contribution is -0.130. The minimum absolute atomic E-state index is 0.0106. The maximum Gasteiger partial charge on any atom is 0.287 e. The molecule has 5 aromatic rings. The topological polar surface area (TPSA) is 124 Å². The molecule has 0 fully saturated rings. The number of thiophene rings is 1. The molecule has 1 N–H and O–H groups in total. The smallest absolute Gasteiger partial charge is 0.287 e. The van der Waals surface area contributed by atoms with Crippen molar-refractivity contribution in [3.05, 3.63) is 106 Å². The van der Waals surface area contributed by atoms with E-state index in [0.29, 0.717) is 34.6 Å². The number of para-hydroxylation sites is 1. The van der Waals surface area contributed by atoms with E-state index in [0.717, 1.165) is 27.9 Å². The summed E-state index contributed by atoms with van der Waals surface area (Å²) in [6.07, 6.45) is 1.90. The van der Waals surface area contributed by atoms with Crippen molar-refractivity contribution < 1.29 is 27.9 Å². The van der Waals surface area contributed by atoms with Crippen molar-refractivity contribution in [1.29, 1.82) is 0 Å². The van der Waals surface area contributed by atoms with Crippen LogP contribution in [0.3, 0.4) is 0 Å². The van der Waals surface area contributed by atoms with Gasteiger partial charge in [-0.15, -0.1) is 21.5 Å². The summed E-state index contributed by atoms with van der Waals surface area (Å²) in [5, 5.41) is 19.9. The van der Waals surface area contributed by atoms with Crippen LogP contribution >= 0.6 is 23.1 Å². The molecule has 11 nitrogen and oxygen atoms in total. The maximum absolute atomic E-state index is 13.9. The zero-order valence-corrected chi connectivity index (χ0v) is 25.8. The molecule has 1 unspecified atom stereocenters. The van der Waals surface area contributed by atoms with E-state index in [9.17, 15) is 14.0 Å². The Kier molecular flexibility index (Phi) is 8.93. The number of aromatic nitrogens is 3. The summed E-state index contributed by atoms with van der Waals surface area (Å²) < 4.78 is 31.8. The third-order valence-corrected chi connectivity index (χ3v) is 8.86. The third-order valence-electron chi connectivity index (χ3n) is 7.03. The molecule has 0 aliphatic carbocycles. The average Bonchev–Trinajstić information content (AvgIpc) is 3.89. The lowest BCUT2D eigenvalue weighted by atomic mass is 9.99. The van der Waals surface area contributed by atoms with Crippen molar-refractivity contribution in [3.63, 3.8) is 0 Å². The van der Waals surface area contributed by atoms with Crippen LogP contribution in [0.15, 0.2) is 93.0 Å². The van der Waals surface area contributed by atoms with Crippen LogP contribution in [0.5, 0.6) is 11.5 Å². The number of hydrogen-bond donors (Lipinski definition) is 1. The van der Waals surface area contributed by atoms with Crippen LogP contribution in [0.25, 0.3) is 5.69 Å². The lowest BCUT2D eigenvalue weighted by Crippen LogP contribution is -2.29. The van der Waals surface area contributed by atoms with Crippen LogP contribution in [0.1, 0.15) is 39.3 Å². The van der Waals surface area contributed by atoms with Gasteiger partial charge in [-0.05, 0) is 53.9 Å². The zero-order valence-electron chi connectivity index (χ0n) is 24.2. The molecule has 1 atom stereocenters. The molecule has 3 aromatic heterocycles. The van der Waals surface area contributed by atoms with Gasteiger partial charge in [-0.25, -0.2) is 9.40 Å². The first kappa shape index (κ1) is 30.1. The number of rotatable bonds is 11. The predicted octanol–water partition coefficient (Wildman–Crippen LogP) is 5.48. The molecule has 1 aliphatic heterocycles. The summed E-state index contributed by atoms with van der Waals surface area (Å²) in [6, 6.07) is 18.0. The summed E-state index contributed by atoms with van der Waals surface area (Å²) in [7, 11) is 3.13. The van der Waals surface area contributed by atoms with Gasteiger partial charge in [0, 0.05) is 17.7 Å². The Morgan fingerprint density at radius 3 is 2.62 bits per heavy atom. The summed E-state index contributed by atoms with van der Waals surface area (Å²) in [5.41, 5.74) is 2.13. The number of carbonyl (C=O) groups is 2. The number of nitrogens with zero attached hydrogens (tertiary/aromatic N) is 5. The lowest BCUT2D eigenvalue weighted by Gasteiger charge is -2.24. The summed E-state index contributed by atoms with van der Waals surface area (Å²) >= 11 is 2.71. The Morgan fingerprint density at radius 1 is 1.07 bits per heavy atom. The second-order valence-corrected chi connectivity index (χ2v) is 11.6. The molecule has 0 bridgehead atoms. The maximum atomic E-state index is 13.9. The van der Waals surface area contributed by atoms with Crippen LogP contribution in [0, 0.1) is 5.82 Å². The molecule has 6 rings (SSSR count). The Bertz CT molecular complexity index is 1820. The molecule has 0 saturated heterocycles. The van der Waals surface area contributed by atoms with E-state index in [1.165, 1.54) is 23.4 Å². The van der Waals surface area contributed by atoms with Gasteiger partial charge < -0.3 is 19.2 Å². The second kappa shape index (κ2) is 13.4. The number of methoxy groups -OCH3 is 2. The summed E-state index contributed by atoms with van der Waals surface area (Å²) in [5.74, 6) is 0.510. The molecule has 45 heavy (non-hydrogen) atoms. The Hall–Kier alpha value is -4.95.